The molecule has 3 N–H and O–H groups in total. The molecule has 1 amide bonds. The number of benzene rings is 1. The Labute approximate surface area is 133 Å². The molecule has 1 aromatic carbocycles. The number of carbonyl (C=O) groups is 1. The van der Waals surface area contributed by atoms with Crippen molar-refractivity contribution in [3.63, 3.8) is 0 Å². The lowest BCUT2D eigenvalue weighted by Gasteiger charge is -2.13. The number of nitrogen functional groups attached to an aromatic ring is 1. The highest BCUT2D eigenvalue weighted by Crippen LogP contribution is 2.34. The highest BCUT2D eigenvalue weighted by molar-refractivity contribution is 8.02. The maximum atomic E-state index is 12.1. The number of hydrogen-bond acceptors (Lipinski definition) is 6. The van der Waals surface area contributed by atoms with Crippen LogP contribution < -0.4 is 11.1 Å². The van der Waals surface area contributed by atoms with Crippen LogP contribution >= 0.6 is 46.3 Å². The van der Waals surface area contributed by atoms with Crippen molar-refractivity contribution in [1.29, 1.82) is 0 Å². The number of nitrogens with two attached hydrogens (primary N) is 1. The minimum absolute atomic E-state index is 0.223. The van der Waals surface area contributed by atoms with Gasteiger partial charge in [-0.25, -0.2) is 0 Å². The van der Waals surface area contributed by atoms with E-state index in [1.165, 1.54) is 35.2 Å². The quantitative estimate of drug-likeness (QED) is 0.652. The molecule has 1 atom stereocenters. The summed E-state index contributed by atoms with van der Waals surface area (Å²) < 4.78 is 0.724. The van der Waals surface area contributed by atoms with Crippen molar-refractivity contribution < 1.29 is 4.79 Å². The third kappa shape index (κ3) is 3.76. The third-order valence-corrected chi connectivity index (χ3v) is 4.81. The lowest BCUT2D eigenvalue weighted by Crippen LogP contribution is -2.22. The second-order valence-electron chi connectivity index (χ2n) is 3.81. The number of halogens is 2. The largest absolute Gasteiger partial charge is 0.399 e. The van der Waals surface area contributed by atoms with Crippen LogP contribution in [0.2, 0.25) is 10.0 Å². The van der Waals surface area contributed by atoms with E-state index in [1.807, 2.05) is 0 Å². The van der Waals surface area contributed by atoms with Crippen molar-refractivity contribution in [2.75, 3.05) is 11.1 Å². The van der Waals surface area contributed by atoms with E-state index in [-0.39, 0.29) is 11.2 Å². The van der Waals surface area contributed by atoms with Gasteiger partial charge in [-0.2, -0.15) is 0 Å². The molecule has 0 fully saturated rings. The Morgan fingerprint density at radius 2 is 2.10 bits per heavy atom. The van der Waals surface area contributed by atoms with Gasteiger partial charge in [-0.1, -0.05) is 46.3 Å². The summed E-state index contributed by atoms with van der Waals surface area (Å²) in [6.45, 7) is 1.76. The minimum Gasteiger partial charge on any atom is -0.399 e. The summed E-state index contributed by atoms with van der Waals surface area (Å²) in [5.74, 6) is -0.223. The number of amides is 1. The highest BCUT2D eigenvalue weighted by atomic mass is 35.5. The topological polar surface area (TPSA) is 80.9 Å². The van der Waals surface area contributed by atoms with Crippen LogP contribution in [0.15, 0.2) is 22.0 Å². The maximum absolute atomic E-state index is 12.1. The fourth-order valence-corrected chi connectivity index (χ4v) is 3.58. The molecule has 0 spiro atoms. The predicted octanol–water partition coefficient (Wildman–Crippen LogP) is 3.55. The number of aromatic nitrogens is 2. The third-order valence-electron chi connectivity index (χ3n) is 2.30. The first-order valence-electron chi connectivity index (χ1n) is 5.45. The van der Waals surface area contributed by atoms with Crippen molar-refractivity contribution >= 4 is 63.6 Å². The SMILES string of the molecule is CC(Sc1nncs1)C(=O)Nc1c(Cl)cc(N)cc1Cl. The average molecular weight is 349 g/mol. The molecule has 0 radical (unpaired) electrons. The number of hydrogen-bond donors (Lipinski definition) is 2. The smallest absolute Gasteiger partial charge is 0.237 e. The number of anilines is 2. The van der Waals surface area contributed by atoms with Crippen LogP contribution in [0.25, 0.3) is 0 Å². The van der Waals surface area contributed by atoms with Crippen molar-refractivity contribution in [3.05, 3.63) is 27.7 Å². The molecule has 2 rings (SSSR count). The lowest BCUT2D eigenvalue weighted by atomic mass is 10.2. The first-order valence-corrected chi connectivity index (χ1v) is 7.97. The lowest BCUT2D eigenvalue weighted by molar-refractivity contribution is -0.115. The Morgan fingerprint density at radius 3 is 2.65 bits per heavy atom. The molecule has 2 aromatic rings. The highest BCUT2D eigenvalue weighted by Gasteiger charge is 2.18. The van der Waals surface area contributed by atoms with Crippen LogP contribution in [0.3, 0.4) is 0 Å². The van der Waals surface area contributed by atoms with E-state index in [9.17, 15) is 4.79 Å². The molecule has 0 aliphatic rings. The van der Waals surface area contributed by atoms with Gasteiger partial charge in [0.2, 0.25) is 5.91 Å². The summed E-state index contributed by atoms with van der Waals surface area (Å²) in [5.41, 5.74) is 8.02. The molecular weight excluding hydrogens is 339 g/mol. The number of rotatable bonds is 4. The van der Waals surface area contributed by atoms with Gasteiger partial charge in [0.25, 0.3) is 0 Å². The van der Waals surface area contributed by atoms with E-state index in [4.69, 9.17) is 28.9 Å². The molecular formula is C11H10Cl2N4OS2. The fourth-order valence-electron chi connectivity index (χ4n) is 1.36. The zero-order chi connectivity index (χ0) is 14.7. The van der Waals surface area contributed by atoms with Gasteiger partial charge < -0.3 is 11.1 Å². The Hall–Kier alpha value is -1.02. The van der Waals surface area contributed by atoms with Gasteiger partial charge in [0.1, 0.15) is 5.51 Å². The van der Waals surface area contributed by atoms with Crippen molar-refractivity contribution in [1.82, 2.24) is 10.2 Å². The molecule has 0 saturated carbocycles. The van der Waals surface area contributed by atoms with Crippen molar-refractivity contribution in [2.45, 2.75) is 16.5 Å². The van der Waals surface area contributed by atoms with Crippen LogP contribution in [0.5, 0.6) is 0 Å². The van der Waals surface area contributed by atoms with Crippen LogP contribution in [0.1, 0.15) is 6.92 Å². The summed E-state index contributed by atoms with van der Waals surface area (Å²) in [5, 5.41) is 10.5. The number of carbonyl (C=O) groups excluding carboxylic acids is 1. The van der Waals surface area contributed by atoms with E-state index < -0.39 is 0 Å². The fraction of sp³-hybridized carbons (Fsp3) is 0.182. The standard InChI is InChI=1S/C11H10Cl2N4OS2/c1-5(20-11-17-15-4-19-11)10(18)16-9-7(12)2-6(14)3-8(9)13/h2-5H,14H2,1H3,(H,16,18). The van der Waals surface area contributed by atoms with E-state index in [0.717, 1.165) is 4.34 Å². The molecule has 1 heterocycles. The summed E-state index contributed by atoms with van der Waals surface area (Å²) in [4.78, 5) is 12.1. The molecule has 0 bridgehead atoms. The Bertz CT molecular complexity index is 598. The molecule has 5 nitrogen and oxygen atoms in total. The average Bonchev–Trinajstić information content (AvgIpc) is 2.86. The van der Waals surface area contributed by atoms with Gasteiger partial charge in [0, 0.05) is 5.69 Å². The van der Waals surface area contributed by atoms with Crippen molar-refractivity contribution in [3.8, 4) is 0 Å². The summed E-state index contributed by atoms with van der Waals surface area (Å²) in [7, 11) is 0. The molecule has 1 unspecified atom stereocenters. The summed E-state index contributed by atoms with van der Waals surface area (Å²) in [6, 6.07) is 3.07. The van der Waals surface area contributed by atoms with Crippen LogP contribution in [-0.4, -0.2) is 21.4 Å². The minimum atomic E-state index is -0.354. The molecule has 0 aliphatic heterocycles. The summed E-state index contributed by atoms with van der Waals surface area (Å²) >= 11 is 14.7. The molecule has 0 saturated heterocycles. The van der Waals surface area contributed by atoms with Crippen LogP contribution in [0.4, 0.5) is 11.4 Å². The van der Waals surface area contributed by atoms with Gasteiger partial charge in [-0.3, -0.25) is 4.79 Å². The first kappa shape index (κ1) is 15.4. The van der Waals surface area contributed by atoms with Gasteiger partial charge in [-0.05, 0) is 19.1 Å². The number of nitrogens with zero attached hydrogens (tertiary/aromatic N) is 2. The van der Waals surface area contributed by atoms with Gasteiger partial charge in [-0.15, -0.1) is 10.2 Å². The zero-order valence-corrected chi connectivity index (χ0v) is 13.4. The maximum Gasteiger partial charge on any atom is 0.237 e. The van der Waals surface area contributed by atoms with E-state index in [0.29, 0.717) is 21.4 Å². The molecule has 20 heavy (non-hydrogen) atoms. The normalized spacial score (nSPS) is 12.2. The van der Waals surface area contributed by atoms with Crippen LogP contribution in [0, 0.1) is 0 Å². The predicted molar refractivity (Wildman–Crippen MR) is 84.7 cm³/mol. The molecule has 106 valence electrons. The Kier molecular flexibility index (Phi) is 5.09. The number of thioether (sulfide) groups is 1. The van der Waals surface area contributed by atoms with Gasteiger partial charge >= 0.3 is 0 Å². The summed E-state index contributed by atoms with van der Waals surface area (Å²) in [6.07, 6.45) is 0. The van der Waals surface area contributed by atoms with Crippen molar-refractivity contribution in [2.24, 2.45) is 0 Å². The van der Waals surface area contributed by atoms with Crippen LogP contribution in [-0.2, 0) is 4.79 Å². The van der Waals surface area contributed by atoms with Gasteiger partial charge in [0.05, 0.1) is 21.0 Å². The van der Waals surface area contributed by atoms with E-state index in [2.05, 4.69) is 15.5 Å². The zero-order valence-electron chi connectivity index (χ0n) is 10.3. The molecule has 9 heteroatoms. The second-order valence-corrected chi connectivity index (χ2v) is 7.05. The van der Waals surface area contributed by atoms with E-state index in [1.54, 1.807) is 12.4 Å². The molecule has 1 aromatic heterocycles. The van der Waals surface area contributed by atoms with E-state index >= 15 is 0 Å². The molecule has 0 aliphatic carbocycles. The Balaban J connectivity index is 2.08. The first-order chi connectivity index (χ1) is 9.47. The Morgan fingerprint density at radius 1 is 1.45 bits per heavy atom. The number of nitrogens with one attached hydrogen (secondary N) is 1. The monoisotopic (exact) mass is 348 g/mol. The second kappa shape index (κ2) is 6.62. The van der Waals surface area contributed by atoms with Gasteiger partial charge in [0.15, 0.2) is 4.34 Å².